The Bertz CT molecular complexity index is 578. The Labute approximate surface area is 113 Å². The molecule has 0 aliphatic carbocycles. The molecule has 0 radical (unpaired) electrons. The van der Waals surface area contributed by atoms with Gasteiger partial charge in [-0.15, -0.1) is 0 Å². The van der Waals surface area contributed by atoms with Gasteiger partial charge in [-0.05, 0) is 24.1 Å². The van der Waals surface area contributed by atoms with Crippen molar-refractivity contribution in [2.24, 2.45) is 0 Å². The number of hydrogen-bond donors (Lipinski definition) is 2. The van der Waals surface area contributed by atoms with Crippen LogP contribution in [0, 0.1) is 6.92 Å². The second-order valence-corrected chi connectivity index (χ2v) is 4.64. The first kappa shape index (κ1) is 13.1. The van der Waals surface area contributed by atoms with E-state index >= 15 is 0 Å². The largest absolute Gasteiger partial charge is 0.398 e. The Morgan fingerprint density at radius 1 is 1.16 bits per heavy atom. The Morgan fingerprint density at radius 2 is 1.95 bits per heavy atom. The third-order valence-corrected chi connectivity index (χ3v) is 2.98. The lowest BCUT2D eigenvalue weighted by Gasteiger charge is -2.07. The molecular weight excluding hydrogens is 236 g/mol. The standard InChI is InChI=1S/C16H18N2O/c1-12-5-4-6-13(9-12)11-18-16(19)10-14-7-2-3-8-15(14)17/h2-9H,10-11,17H2,1H3,(H,18,19). The molecule has 0 bridgehead atoms. The van der Waals surface area contributed by atoms with Gasteiger partial charge in [0.05, 0.1) is 6.42 Å². The van der Waals surface area contributed by atoms with Gasteiger partial charge in [-0.2, -0.15) is 0 Å². The Kier molecular flexibility index (Phi) is 4.18. The van der Waals surface area contributed by atoms with Crippen molar-refractivity contribution < 1.29 is 4.79 Å². The summed E-state index contributed by atoms with van der Waals surface area (Å²) >= 11 is 0. The molecular formula is C16H18N2O. The summed E-state index contributed by atoms with van der Waals surface area (Å²) in [6.07, 6.45) is 0.318. The van der Waals surface area contributed by atoms with Crippen molar-refractivity contribution in [2.45, 2.75) is 19.9 Å². The zero-order chi connectivity index (χ0) is 13.7. The molecule has 3 heteroatoms. The topological polar surface area (TPSA) is 55.1 Å². The number of carbonyl (C=O) groups is 1. The van der Waals surface area contributed by atoms with Crippen molar-refractivity contribution in [2.75, 3.05) is 5.73 Å². The summed E-state index contributed by atoms with van der Waals surface area (Å²) in [6, 6.07) is 15.5. The van der Waals surface area contributed by atoms with Crippen LogP contribution in [0.5, 0.6) is 0 Å². The fourth-order valence-corrected chi connectivity index (χ4v) is 1.95. The molecule has 0 aromatic heterocycles. The number of benzene rings is 2. The first-order valence-corrected chi connectivity index (χ1v) is 6.31. The highest BCUT2D eigenvalue weighted by molar-refractivity contribution is 5.80. The summed E-state index contributed by atoms with van der Waals surface area (Å²) < 4.78 is 0. The highest BCUT2D eigenvalue weighted by Gasteiger charge is 2.05. The Morgan fingerprint density at radius 3 is 2.68 bits per heavy atom. The number of nitrogens with one attached hydrogen (secondary N) is 1. The van der Waals surface area contributed by atoms with E-state index in [2.05, 4.69) is 11.4 Å². The van der Waals surface area contributed by atoms with E-state index in [0.717, 1.165) is 11.1 Å². The fraction of sp³-hybridized carbons (Fsp3) is 0.188. The highest BCUT2D eigenvalue weighted by Crippen LogP contribution is 2.11. The van der Waals surface area contributed by atoms with Crippen LogP contribution in [0.15, 0.2) is 48.5 Å². The molecule has 3 N–H and O–H groups in total. The number of amides is 1. The Hall–Kier alpha value is -2.29. The predicted octanol–water partition coefficient (Wildman–Crippen LogP) is 2.44. The minimum absolute atomic E-state index is 0.0144. The zero-order valence-electron chi connectivity index (χ0n) is 11.0. The number of para-hydroxylation sites is 1. The van der Waals surface area contributed by atoms with Crippen LogP contribution in [0.3, 0.4) is 0 Å². The average Bonchev–Trinajstić information content (AvgIpc) is 2.39. The number of hydrogen-bond acceptors (Lipinski definition) is 2. The maximum absolute atomic E-state index is 11.9. The molecule has 0 fully saturated rings. The molecule has 0 saturated heterocycles. The maximum atomic E-state index is 11.9. The first-order chi connectivity index (χ1) is 9.15. The van der Waals surface area contributed by atoms with E-state index in [4.69, 9.17) is 5.73 Å². The SMILES string of the molecule is Cc1cccc(CNC(=O)Cc2ccccc2N)c1. The highest BCUT2D eigenvalue weighted by atomic mass is 16.1. The van der Waals surface area contributed by atoms with Gasteiger partial charge in [0.15, 0.2) is 0 Å². The molecule has 0 heterocycles. The molecule has 0 aliphatic heterocycles. The monoisotopic (exact) mass is 254 g/mol. The van der Waals surface area contributed by atoms with Crippen molar-refractivity contribution in [3.8, 4) is 0 Å². The van der Waals surface area contributed by atoms with E-state index in [0.29, 0.717) is 18.7 Å². The van der Waals surface area contributed by atoms with Gasteiger partial charge in [-0.1, -0.05) is 48.0 Å². The van der Waals surface area contributed by atoms with E-state index in [1.807, 2.05) is 49.4 Å². The van der Waals surface area contributed by atoms with Crippen LogP contribution in [0.1, 0.15) is 16.7 Å². The maximum Gasteiger partial charge on any atom is 0.224 e. The second kappa shape index (κ2) is 6.05. The second-order valence-electron chi connectivity index (χ2n) is 4.64. The molecule has 2 aromatic carbocycles. The van der Waals surface area contributed by atoms with Crippen molar-refractivity contribution in [3.05, 3.63) is 65.2 Å². The molecule has 2 aromatic rings. The van der Waals surface area contributed by atoms with Gasteiger partial charge in [-0.3, -0.25) is 4.79 Å². The van der Waals surface area contributed by atoms with Crippen molar-refractivity contribution in [1.82, 2.24) is 5.32 Å². The van der Waals surface area contributed by atoms with E-state index in [-0.39, 0.29) is 5.91 Å². The molecule has 2 rings (SSSR count). The van der Waals surface area contributed by atoms with Gasteiger partial charge in [0.2, 0.25) is 5.91 Å². The molecule has 1 amide bonds. The molecule has 19 heavy (non-hydrogen) atoms. The molecule has 3 nitrogen and oxygen atoms in total. The van der Waals surface area contributed by atoms with Crippen LogP contribution in [-0.2, 0) is 17.8 Å². The summed E-state index contributed by atoms with van der Waals surface area (Å²) in [5, 5.41) is 2.91. The number of anilines is 1. The van der Waals surface area contributed by atoms with Gasteiger partial charge in [0.1, 0.15) is 0 Å². The smallest absolute Gasteiger partial charge is 0.224 e. The molecule has 0 atom stereocenters. The van der Waals surface area contributed by atoms with Gasteiger partial charge >= 0.3 is 0 Å². The van der Waals surface area contributed by atoms with Crippen LogP contribution in [-0.4, -0.2) is 5.91 Å². The number of rotatable bonds is 4. The lowest BCUT2D eigenvalue weighted by Crippen LogP contribution is -2.24. The third-order valence-electron chi connectivity index (χ3n) is 2.98. The minimum Gasteiger partial charge on any atom is -0.398 e. The van der Waals surface area contributed by atoms with Gasteiger partial charge in [0, 0.05) is 12.2 Å². The number of nitrogen functional groups attached to an aromatic ring is 1. The summed E-state index contributed by atoms with van der Waals surface area (Å²) in [5.74, 6) is -0.0144. The molecule has 0 spiro atoms. The van der Waals surface area contributed by atoms with E-state index in [1.165, 1.54) is 5.56 Å². The minimum atomic E-state index is -0.0144. The van der Waals surface area contributed by atoms with Crippen LogP contribution >= 0.6 is 0 Å². The quantitative estimate of drug-likeness (QED) is 0.823. The fourth-order valence-electron chi connectivity index (χ4n) is 1.95. The predicted molar refractivity (Wildman–Crippen MR) is 77.6 cm³/mol. The molecule has 0 saturated carbocycles. The van der Waals surface area contributed by atoms with Gasteiger partial charge in [0.25, 0.3) is 0 Å². The Balaban J connectivity index is 1.90. The lowest BCUT2D eigenvalue weighted by atomic mass is 10.1. The zero-order valence-corrected chi connectivity index (χ0v) is 11.0. The number of carbonyl (C=O) groups excluding carboxylic acids is 1. The van der Waals surface area contributed by atoms with Crippen LogP contribution in [0.25, 0.3) is 0 Å². The van der Waals surface area contributed by atoms with E-state index < -0.39 is 0 Å². The van der Waals surface area contributed by atoms with Gasteiger partial charge in [-0.25, -0.2) is 0 Å². The van der Waals surface area contributed by atoms with Crippen molar-refractivity contribution in [3.63, 3.8) is 0 Å². The first-order valence-electron chi connectivity index (χ1n) is 6.31. The summed E-state index contributed by atoms with van der Waals surface area (Å²) in [6.45, 7) is 2.59. The van der Waals surface area contributed by atoms with Crippen LogP contribution < -0.4 is 11.1 Å². The lowest BCUT2D eigenvalue weighted by molar-refractivity contribution is -0.120. The van der Waals surface area contributed by atoms with Crippen LogP contribution in [0.2, 0.25) is 0 Å². The van der Waals surface area contributed by atoms with Crippen molar-refractivity contribution in [1.29, 1.82) is 0 Å². The van der Waals surface area contributed by atoms with E-state index in [1.54, 1.807) is 0 Å². The number of nitrogens with two attached hydrogens (primary N) is 1. The average molecular weight is 254 g/mol. The molecule has 0 unspecified atom stereocenters. The van der Waals surface area contributed by atoms with Crippen LogP contribution in [0.4, 0.5) is 5.69 Å². The third kappa shape index (κ3) is 3.85. The van der Waals surface area contributed by atoms with Gasteiger partial charge < -0.3 is 11.1 Å². The molecule has 0 aliphatic rings. The summed E-state index contributed by atoms with van der Waals surface area (Å²) in [5.41, 5.74) is 9.64. The number of aryl methyl sites for hydroxylation is 1. The van der Waals surface area contributed by atoms with Crippen molar-refractivity contribution >= 4 is 11.6 Å². The summed E-state index contributed by atoms with van der Waals surface area (Å²) in [4.78, 5) is 11.9. The normalized spacial score (nSPS) is 10.2. The molecule has 98 valence electrons. The summed E-state index contributed by atoms with van der Waals surface area (Å²) in [7, 11) is 0. The van der Waals surface area contributed by atoms with E-state index in [9.17, 15) is 4.79 Å².